The second kappa shape index (κ2) is 3.38. The molecule has 0 amide bonds. The van der Waals surface area contributed by atoms with Crippen LogP contribution in [0.5, 0.6) is 0 Å². The Bertz CT molecular complexity index is 381. The Balaban J connectivity index is 3.04. The molecule has 72 valence electrons. The van der Waals surface area contributed by atoms with Crippen molar-refractivity contribution in [2.75, 3.05) is 12.0 Å². The summed E-state index contributed by atoms with van der Waals surface area (Å²) in [5, 5.41) is -0.465. The van der Waals surface area contributed by atoms with Crippen LogP contribution in [0, 0.1) is 0 Å². The van der Waals surface area contributed by atoms with Gasteiger partial charge in [-0.25, -0.2) is 8.42 Å². The molecular formula is C9H13NO2S. The van der Waals surface area contributed by atoms with E-state index < -0.39 is 15.1 Å². The minimum atomic E-state index is -3.01. The molecule has 3 nitrogen and oxygen atoms in total. The molecule has 0 spiro atoms. The maximum Gasteiger partial charge on any atom is 0.154 e. The highest BCUT2D eigenvalue weighted by atomic mass is 32.2. The molecule has 0 aliphatic carbocycles. The van der Waals surface area contributed by atoms with Gasteiger partial charge in [0.1, 0.15) is 0 Å². The molecule has 0 radical (unpaired) electrons. The van der Waals surface area contributed by atoms with E-state index >= 15 is 0 Å². The van der Waals surface area contributed by atoms with Gasteiger partial charge in [0, 0.05) is 11.9 Å². The van der Waals surface area contributed by atoms with E-state index in [1.165, 1.54) is 6.26 Å². The monoisotopic (exact) mass is 199 g/mol. The van der Waals surface area contributed by atoms with Crippen LogP contribution in [0.1, 0.15) is 17.7 Å². The predicted octanol–water partition coefficient (Wildman–Crippen LogP) is 1.37. The lowest BCUT2D eigenvalue weighted by Gasteiger charge is -2.09. The Morgan fingerprint density at radius 3 is 2.08 bits per heavy atom. The Morgan fingerprint density at radius 2 is 1.69 bits per heavy atom. The number of nitrogen functional groups attached to an aromatic ring is 1. The van der Waals surface area contributed by atoms with Gasteiger partial charge in [0.15, 0.2) is 9.84 Å². The predicted molar refractivity (Wildman–Crippen MR) is 54.1 cm³/mol. The van der Waals surface area contributed by atoms with Crippen LogP contribution in [0.2, 0.25) is 0 Å². The lowest BCUT2D eigenvalue weighted by Crippen LogP contribution is -2.07. The van der Waals surface area contributed by atoms with E-state index in [1.807, 2.05) is 0 Å². The molecule has 0 unspecified atom stereocenters. The first kappa shape index (κ1) is 10.1. The molecule has 0 saturated heterocycles. The number of anilines is 1. The van der Waals surface area contributed by atoms with E-state index in [1.54, 1.807) is 31.2 Å². The number of sulfone groups is 1. The van der Waals surface area contributed by atoms with Crippen LogP contribution in [0.4, 0.5) is 5.69 Å². The van der Waals surface area contributed by atoms with Crippen molar-refractivity contribution >= 4 is 15.5 Å². The van der Waals surface area contributed by atoms with Crippen LogP contribution in [0.15, 0.2) is 24.3 Å². The van der Waals surface area contributed by atoms with Crippen LogP contribution in [-0.4, -0.2) is 14.7 Å². The number of benzene rings is 1. The van der Waals surface area contributed by atoms with Crippen molar-refractivity contribution in [2.24, 2.45) is 0 Å². The van der Waals surface area contributed by atoms with Crippen molar-refractivity contribution in [3.05, 3.63) is 29.8 Å². The van der Waals surface area contributed by atoms with Gasteiger partial charge in [-0.1, -0.05) is 12.1 Å². The molecule has 0 heterocycles. The molecule has 0 saturated carbocycles. The first-order chi connectivity index (χ1) is 5.91. The summed E-state index contributed by atoms with van der Waals surface area (Å²) in [6.45, 7) is 1.67. The lowest BCUT2D eigenvalue weighted by atomic mass is 10.1. The van der Waals surface area contributed by atoms with Gasteiger partial charge in [-0.05, 0) is 24.6 Å². The first-order valence-corrected chi connectivity index (χ1v) is 5.91. The largest absolute Gasteiger partial charge is 0.399 e. The maximum atomic E-state index is 11.2. The Labute approximate surface area is 78.5 Å². The van der Waals surface area contributed by atoms with Gasteiger partial charge in [0.25, 0.3) is 0 Å². The first-order valence-electron chi connectivity index (χ1n) is 3.95. The fourth-order valence-electron chi connectivity index (χ4n) is 1.01. The van der Waals surface area contributed by atoms with Crippen LogP contribution >= 0.6 is 0 Å². The van der Waals surface area contributed by atoms with E-state index in [-0.39, 0.29) is 0 Å². The van der Waals surface area contributed by atoms with Crippen molar-refractivity contribution in [2.45, 2.75) is 12.2 Å². The zero-order valence-corrected chi connectivity index (χ0v) is 8.51. The molecule has 0 bridgehead atoms. The molecule has 2 N–H and O–H groups in total. The summed E-state index contributed by atoms with van der Waals surface area (Å²) in [6, 6.07) is 6.89. The van der Waals surface area contributed by atoms with E-state index in [9.17, 15) is 8.42 Å². The second-order valence-electron chi connectivity index (χ2n) is 3.14. The van der Waals surface area contributed by atoms with Crippen LogP contribution in [0.25, 0.3) is 0 Å². The fraction of sp³-hybridized carbons (Fsp3) is 0.333. The van der Waals surface area contributed by atoms with E-state index in [0.29, 0.717) is 5.69 Å². The van der Waals surface area contributed by atoms with Gasteiger partial charge in [0.05, 0.1) is 5.25 Å². The third-order valence-electron chi connectivity index (χ3n) is 2.05. The molecule has 1 rings (SSSR count). The zero-order chi connectivity index (χ0) is 10.1. The lowest BCUT2D eigenvalue weighted by molar-refractivity contribution is 0.592. The standard InChI is InChI=1S/C9H13NO2S/c1-7(13(2,11)12)8-3-5-9(10)6-4-8/h3-7H,10H2,1-2H3/t7-/m1/s1. The van der Waals surface area contributed by atoms with E-state index in [0.717, 1.165) is 5.56 Å². The zero-order valence-electron chi connectivity index (χ0n) is 7.69. The summed E-state index contributed by atoms with van der Waals surface area (Å²) in [5.41, 5.74) is 6.90. The molecule has 4 heteroatoms. The molecule has 1 atom stereocenters. The summed E-state index contributed by atoms with van der Waals surface area (Å²) in [7, 11) is -3.01. The third-order valence-corrected chi connectivity index (χ3v) is 3.60. The summed E-state index contributed by atoms with van der Waals surface area (Å²) in [5.74, 6) is 0. The van der Waals surface area contributed by atoms with Crippen LogP contribution < -0.4 is 5.73 Å². The minimum absolute atomic E-state index is 0.465. The molecule has 0 aromatic heterocycles. The number of nitrogens with two attached hydrogens (primary N) is 1. The SMILES string of the molecule is C[C@H](c1ccc(N)cc1)S(C)(=O)=O. The van der Waals surface area contributed by atoms with Crippen molar-refractivity contribution < 1.29 is 8.42 Å². The topological polar surface area (TPSA) is 60.2 Å². The average molecular weight is 199 g/mol. The normalized spacial score (nSPS) is 14.0. The van der Waals surface area contributed by atoms with Crippen LogP contribution in [0.3, 0.4) is 0 Å². The Kier molecular flexibility index (Phi) is 2.61. The van der Waals surface area contributed by atoms with Crippen molar-refractivity contribution in [1.29, 1.82) is 0 Å². The Hall–Kier alpha value is -1.03. The average Bonchev–Trinajstić information content (AvgIpc) is 2.03. The molecule has 1 aromatic rings. The highest BCUT2D eigenvalue weighted by molar-refractivity contribution is 7.90. The van der Waals surface area contributed by atoms with Gasteiger partial charge >= 0.3 is 0 Å². The minimum Gasteiger partial charge on any atom is -0.399 e. The number of rotatable bonds is 2. The van der Waals surface area contributed by atoms with Crippen LogP contribution in [-0.2, 0) is 9.84 Å². The maximum absolute atomic E-state index is 11.2. The summed E-state index contributed by atoms with van der Waals surface area (Å²) >= 11 is 0. The second-order valence-corrected chi connectivity index (χ2v) is 5.50. The molecule has 0 fully saturated rings. The van der Waals surface area contributed by atoms with Gasteiger partial charge in [-0.3, -0.25) is 0 Å². The highest BCUT2D eigenvalue weighted by Crippen LogP contribution is 2.21. The number of hydrogen-bond donors (Lipinski definition) is 1. The molecule has 0 aliphatic rings. The summed E-state index contributed by atoms with van der Waals surface area (Å²) in [6.07, 6.45) is 1.23. The Morgan fingerprint density at radius 1 is 1.23 bits per heavy atom. The smallest absolute Gasteiger partial charge is 0.154 e. The molecule has 1 aromatic carbocycles. The van der Waals surface area contributed by atoms with E-state index in [4.69, 9.17) is 5.73 Å². The summed E-state index contributed by atoms with van der Waals surface area (Å²) in [4.78, 5) is 0. The molecule has 13 heavy (non-hydrogen) atoms. The van der Waals surface area contributed by atoms with E-state index in [2.05, 4.69) is 0 Å². The van der Waals surface area contributed by atoms with Crippen molar-refractivity contribution in [3.8, 4) is 0 Å². The fourth-order valence-corrected chi connectivity index (χ4v) is 1.67. The quantitative estimate of drug-likeness (QED) is 0.732. The number of hydrogen-bond acceptors (Lipinski definition) is 3. The molecular weight excluding hydrogens is 186 g/mol. The highest BCUT2D eigenvalue weighted by Gasteiger charge is 2.16. The summed E-state index contributed by atoms with van der Waals surface area (Å²) < 4.78 is 22.4. The van der Waals surface area contributed by atoms with Gasteiger partial charge in [-0.15, -0.1) is 0 Å². The molecule has 0 aliphatic heterocycles. The van der Waals surface area contributed by atoms with Gasteiger partial charge in [-0.2, -0.15) is 0 Å². The third kappa shape index (κ3) is 2.45. The van der Waals surface area contributed by atoms with Crippen molar-refractivity contribution in [1.82, 2.24) is 0 Å². The van der Waals surface area contributed by atoms with Gasteiger partial charge in [0.2, 0.25) is 0 Å². The van der Waals surface area contributed by atoms with Gasteiger partial charge < -0.3 is 5.73 Å². The van der Waals surface area contributed by atoms with Crippen molar-refractivity contribution in [3.63, 3.8) is 0 Å².